The number of carbonyl (C=O) groups is 1. The molecule has 1 aromatic rings. The molecule has 5 nitrogen and oxygen atoms in total. The summed E-state index contributed by atoms with van der Waals surface area (Å²) < 4.78 is 0. The fourth-order valence-electron chi connectivity index (χ4n) is 2.55. The van der Waals surface area contributed by atoms with Crippen LogP contribution in [0.4, 0.5) is 5.69 Å². The number of benzene rings is 1. The van der Waals surface area contributed by atoms with Crippen LogP contribution in [0.1, 0.15) is 12.0 Å². The molecule has 1 saturated heterocycles. The quantitative estimate of drug-likeness (QED) is 0.594. The van der Waals surface area contributed by atoms with Crippen molar-refractivity contribution in [2.75, 3.05) is 52.0 Å². The van der Waals surface area contributed by atoms with E-state index in [-0.39, 0.29) is 5.91 Å². The highest BCUT2D eigenvalue weighted by Gasteiger charge is 2.12. The number of carbonyl (C=O) groups excluding carboxylic acids is 1. The molecule has 0 bridgehead atoms. The highest BCUT2D eigenvalue weighted by atomic mass is 16.1. The van der Waals surface area contributed by atoms with Gasteiger partial charge < -0.3 is 20.9 Å². The molecule has 5 heteroatoms. The molecule has 1 aliphatic rings. The Morgan fingerprint density at radius 1 is 1.29 bits per heavy atom. The molecule has 1 aliphatic heterocycles. The Labute approximate surface area is 127 Å². The van der Waals surface area contributed by atoms with Crippen LogP contribution >= 0.6 is 0 Å². The predicted octanol–water partition coefficient (Wildman–Crippen LogP) is 0.565. The molecule has 1 amide bonds. The van der Waals surface area contributed by atoms with Crippen molar-refractivity contribution in [3.63, 3.8) is 0 Å². The number of piperazine rings is 1. The first-order valence-electron chi connectivity index (χ1n) is 7.65. The van der Waals surface area contributed by atoms with Crippen LogP contribution < -0.4 is 11.1 Å². The van der Waals surface area contributed by atoms with Crippen LogP contribution in [0.25, 0.3) is 0 Å². The number of amides is 1. The number of nitrogens with two attached hydrogens (primary N) is 1. The molecule has 1 heterocycles. The van der Waals surface area contributed by atoms with Crippen molar-refractivity contribution in [1.82, 2.24) is 15.1 Å². The zero-order chi connectivity index (χ0) is 15.1. The van der Waals surface area contributed by atoms with E-state index in [0.717, 1.165) is 51.3 Å². The van der Waals surface area contributed by atoms with Gasteiger partial charge in [0.25, 0.3) is 0 Å². The van der Waals surface area contributed by atoms with Gasteiger partial charge in [-0.1, -0.05) is 12.1 Å². The lowest BCUT2D eigenvalue weighted by Gasteiger charge is -2.32. The topological polar surface area (TPSA) is 61.6 Å². The van der Waals surface area contributed by atoms with Gasteiger partial charge in [-0.3, -0.25) is 4.79 Å². The summed E-state index contributed by atoms with van der Waals surface area (Å²) >= 11 is 0. The molecule has 0 atom stereocenters. The Hall–Kier alpha value is -1.59. The summed E-state index contributed by atoms with van der Waals surface area (Å²) in [4.78, 5) is 16.7. The van der Waals surface area contributed by atoms with Gasteiger partial charge in [-0.25, -0.2) is 0 Å². The summed E-state index contributed by atoms with van der Waals surface area (Å²) in [7, 11) is 2.16. The Kier molecular flexibility index (Phi) is 6.02. The third kappa shape index (κ3) is 5.73. The highest BCUT2D eigenvalue weighted by Crippen LogP contribution is 2.07. The summed E-state index contributed by atoms with van der Waals surface area (Å²) in [5, 5.41) is 2.98. The summed E-state index contributed by atoms with van der Waals surface area (Å²) in [6.45, 7) is 6.35. The second kappa shape index (κ2) is 8.00. The van der Waals surface area contributed by atoms with Crippen LogP contribution in [0, 0.1) is 0 Å². The normalized spacial score (nSPS) is 16.8. The van der Waals surface area contributed by atoms with Crippen LogP contribution in [0.3, 0.4) is 0 Å². The molecule has 0 radical (unpaired) electrons. The fourth-order valence-corrected chi connectivity index (χ4v) is 2.55. The predicted molar refractivity (Wildman–Crippen MR) is 86.1 cm³/mol. The molecule has 21 heavy (non-hydrogen) atoms. The first kappa shape index (κ1) is 15.8. The number of hydrogen-bond donors (Lipinski definition) is 2. The number of nitrogen functional groups attached to an aromatic ring is 1. The maximum Gasteiger partial charge on any atom is 0.224 e. The van der Waals surface area contributed by atoms with Gasteiger partial charge in [0.15, 0.2) is 0 Å². The molecule has 0 unspecified atom stereocenters. The van der Waals surface area contributed by atoms with Gasteiger partial charge >= 0.3 is 0 Å². The van der Waals surface area contributed by atoms with Gasteiger partial charge in [0.1, 0.15) is 0 Å². The number of hydrogen-bond acceptors (Lipinski definition) is 4. The smallest absolute Gasteiger partial charge is 0.224 e. The number of likely N-dealkylation sites (N-methyl/N-ethyl adjacent to an activating group) is 1. The van der Waals surface area contributed by atoms with Crippen molar-refractivity contribution in [3.8, 4) is 0 Å². The Morgan fingerprint density at radius 2 is 2.05 bits per heavy atom. The minimum atomic E-state index is 0.0685. The van der Waals surface area contributed by atoms with Crippen molar-refractivity contribution >= 4 is 11.6 Å². The van der Waals surface area contributed by atoms with Crippen molar-refractivity contribution in [2.24, 2.45) is 0 Å². The highest BCUT2D eigenvalue weighted by molar-refractivity contribution is 5.78. The maximum absolute atomic E-state index is 11.8. The van der Waals surface area contributed by atoms with E-state index in [1.807, 2.05) is 24.3 Å². The van der Waals surface area contributed by atoms with Gasteiger partial charge in [-0.05, 0) is 37.7 Å². The molecule has 2 rings (SSSR count). The standard InChI is InChI=1S/C16H26N4O/c1-19-8-10-20(11-9-19)7-3-6-18-16(21)13-14-4-2-5-15(17)12-14/h2,4-5,12H,3,6-11,13,17H2,1H3,(H,18,21). The van der Waals surface area contributed by atoms with Crippen molar-refractivity contribution < 1.29 is 4.79 Å². The summed E-state index contributed by atoms with van der Waals surface area (Å²) in [5.41, 5.74) is 7.38. The average molecular weight is 290 g/mol. The molecule has 0 spiro atoms. The molecule has 1 fully saturated rings. The number of nitrogens with zero attached hydrogens (tertiary/aromatic N) is 2. The van der Waals surface area contributed by atoms with E-state index in [9.17, 15) is 4.79 Å². The SMILES string of the molecule is CN1CCN(CCCNC(=O)Cc2cccc(N)c2)CC1. The van der Waals surface area contributed by atoms with E-state index in [1.165, 1.54) is 0 Å². The van der Waals surface area contributed by atoms with Gasteiger partial charge in [-0.15, -0.1) is 0 Å². The number of rotatable bonds is 6. The molecular weight excluding hydrogens is 264 g/mol. The second-order valence-electron chi connectivity index (χ2n) is 5.77. The average Bonchev–Trinajstić information content (AvgIpc) is 2.45. The molecule has 116 valence electrons. The number of anilines is 1. The largest absolute Gasteiger partial charge is 0.399 e. The minimum Gasteiger partial charge on any atom is -0.399 e. The first-order valence-corrected chi connectivity index (χ1v) is 7.65. The zero-order valence-corrected chi connectivity index (χ0v) is 12.8. The molecule has 1 aromatic carbocycles. The van der Waals surface area contributed by atoms with E-state index >= 15 is 0 Å². The van der Waals surface area contributed by atoms with E-state index in [1.54, 1.807) is 0 Å². The fraction of sp³-hybridized carbons (Fsp3) is 0.562. The number of nitrogens with one attached hydrogen (secondary N) is 1. The Morgan fingerprint density at radius 3 is 2.76 bits per heavy atom. The van der Waals surface area contributed by atoms with E-state index in [0.29, 0.717) is 12.1 Å². The van der Waals surface area contributed by atoms with Crippen LogP contribution in [-0.2, 0) is 11.2 Å². The van der Waals surface area contributed by atoms with Crippen LogP contribution in [-0.4, -0.2) is 62.0 Å². The van der Waals surface area contributed by atoms with Crippen LogP contribution in [0.2, 0.25) is 0 Å². The molecule has 0 aromatic heterocycles. The monoisotopic (exact) mass is 290 g/mol. The summed E-state index contributed by atoms with van der Waals surface area (Å²) in [6, 6.07) is 7.49. The molecular formula is C16H26N4O. The Balaban J connectivity index is 1.59. The second-order valence-corrected chi connectivity index (χ2v) is 5.77. The van der Waals surface area contributed by atoms with E-state index in [2.05, 4.69) is 22.2 Å². The van der Waals surface area contributed by atoms with Crippen LogP contribution in [0.15, 0.2) is 24.3 Å². The zero-order valence-electron chi connectivity index (χ0n) is 12.8. The molecule has 3 N–H and O–H groups in total. The van der Waals surface area contributed by atoms with Crippen molar-refractivity contribution in [1.29, 1.82) is 0 Å². The van der Waals surface area contributed by atoms with E-state index in [4.69, 9.17) is 5.73 Å². The van der Waals surface area contributed by atoms with Gasteiger partial charge in [0, 0.05) is 38.4 Å². The van der Waals surface area contributed by atoms with Gasteiger partial charge in [0.05, 0.1) is 6.42 Å². The summed E-state index contributed by atoms with van der Waals surface area (Å²) in [6.07, 6.45) is 1.41. The maximum atomic E-state index is 11.8. The first-order chi connectivity index (χ1) is 10.1. The molecule has 0 aliphatic carbocycles. The third-order valence-corrected chi connectivity index (χ3v) is 3.88. The summed E-state index contributed by atoms with van der Waals surface area (Å²) in [5.74, 6) is 0.0685. The lowest BCUT2D eigenvalue weighted by Crippen LogP contribution is -2.45. The Bertz CT molecular complexity index is 455. The van der Waals surface area contributed by atoms with Crippen molar-refractivity contribution in [2.45, 2.75) is 12.8 Å². The lowest BCUT2D eigenvalue weighted by molar-refractivity contribution is -0.120. The van der Waals surface area contributed by atoms with Crippen LogP contribution in [0.5, 0.6) is 0 Å². The third-order valence-electron chi connectivity index (χ3n) is 3.88. The van der Waals surface area contributed by atoms with Crippen molar-refractivity contribution in [3.05, 3.63) is 29.8 Å². The van der Waals surface area contributed by atoms with Gasteiger partial charge in [0.2, 0.25) is 5.91 Å². The van der Waals surface area contributed by atoms with E-state index < -0.39 is 0 Å². The molecule has 0 saturated carbocycles. The lowest BCUT2D eigenvalue weighted by atomic mass is 10.1. The van der Waals surface area contributed by atoms with Gasteiger partial charge in [-0.2, -0.15) is 0 Å². The minimum absolute atomic E-state index is 0.0685.